The van der Waals surface area contributed by atoms with Crippen LogP contribution in [-0.2, 0) is 4.79 Å². The average molecular weight is 333 g/mol. The Kier molecular flexibility index (Phi) is 4.89. The van der Waals surface area contributed by atoms with E-state index in [0.717, 1.165) is 31.9 Å². The molecule has 0 unspecified atom stereocenters. The number of likely N-dealkylation sites (N-methyl/N-ethyl adjacent to an activating group) is 1. The zero-order valence-corrected chi connectivity index (χ0v) is 14.2. The van der Waals surface area contributed by atoms with Crippen molar-refractivity contribution in [2.75, 3.05) is 51.8 Å². The molecule has 0 aromatic heterocycles. The zero-order chi connectivity index (χ0) is 17.1. The lowest BCUT2D eigenvalue weighted by Gasteiger charge is -2.31. The molecule has 2 fully saturated rings. The van der Waals surface area contributed by atoms with Gasteiger partial charge in [-0.3, -0.25) is 4.79 Å². The fraction of sp³-hybridized carbons (Fsp3) is 0.529. The van der Waals surface area contributed by atoms with Crippen molar-refractivity contribution in [1.29, 1.82) is 0 Å². The van der Waals surface area contributed by atoms with Crippen LogP contribution < -0.4 is 19.9 Å². The van der Waals surface area contributed by atoms with Crippen LogP contribution in [0.15, 0.2) is 24.3 Å². The van der Waals surface area contributed by atoms with Gasteiger partial charge >= 0.3 is 6.03 Å². The number of hydrogen-bond acceptors (Lipinski definition) is 3. The maximum atomic E-state index is 12.4. The Morgan fingerprint density at radius 3 is 2.79 bits per heavy atom. The molecular weight excluding hydrogens is 308 g/mol. The molecule has 3 rings (SSSR count). The first kappa shape index (κ1) is 16.6. The lowest BCUT2D eigenvalue weighted by molar-refractivity contribution is -0.883. The lowest BCUT2D eigenvalue weighted by Crippen LogP contribution is -3.12. The average Bonchev–Trinajstić information content (AvgIpc) is 2.95. The number of ether oxygens (including phenoxy) is 1. The second-order valence-electron chi connectivity index (χ2n) is 6.50. The normalized spacial score (nSPS) is 21.9. The number of nitrogens with zero attached hydrogens (tertiary/aromatic N) is 2. The minimum absolute atomic E-state index is 0.0244. The van der Waals surface area contributed by atoms with E-state index in [-0.39, 0.29) is 18.0 Å². The number of piperazine rings is 1. The van der Waals surface area contributed by atoms with Gasteiger partial charge < -0.3 is 24.8 Å². The summed E-state index contributed by atoms with van der Waals surface area (Å²) in [5, 5.41) is 3.01. The summed E-state index contributed by atoms with van der Waals surface area (Å²) in [4.78, 5) is 29.7. The van der Waals surface area contributed by atoms with Gasteiger partial charge in [-0.15, -0.1) is 0 Å². The van der Waals surface area contributed by atoms with Gasteiger partial charge in [-0.2, -0.15) is 0 Å². The molecule has 0 spiro atoms. The number of methoxy groups -OCH3 is 1. The standard InChI is InChI=1S/C17H24N4O3/c1-19-6-8-20(9-7-19)17(23)18-13-10-16(22)21(12-13)14-4-3-5-15(11-14)24-2/h3-5,11,13H,6-10,12H2,1-2H3,(H,18,23)/p+1/t13-/m1/s1. The van der Waals surface area contributed by atoms with E-state index in [1.54, 1.807) is 12.0 Å². The summed E-state index contributed by atoms with van der Waals surface area (Å²) in [5.41, 5.74) is 0.805. The van der Waals surface area contributed by atoms with Gasteiger partial charge in [0.15, 0.2) is 0 Å². The van der Waals surface area contributed by atoms with Crippen LogP contribution >= 0.6 is 0 Å². The summed E-state index contributed by atoms with van der Waals surface area (Å²) in [5.74, 6) is 0.740. The Morgan fingerprint density at radius 2 is 2.08 bits per heavy atom. The summed E-state index contributed by atoms with van der Waals surface area (Å²) in [6, 6.07) is 7.22. The van der Waals surface area contributed by atoms with Crippen LogP contribution in [0.4, 0.5) is 10.5 Å². The number of hydrogen-bond donors (Lipinski definition) is 2. The van der Waals surface area contributed by atoms with Gasteiger partial charge in [0.2, 0.25) is 5.91 Å². The Bertz CT molecular complexity index is 614. The Balaban J connectivity index is 1.59. The number of benzene rings is 1. The van der Waals surface area contributed by atoms with E-state index >= 15 is 0 Å². The number of anilines is 1. The largest absolute Gasteiger partial charge is 0.497 e. The van der Waals surface area contributed by atoms with E-state index < -0.39 is 0 Å². The molecule has 0 saturated carbocycles. The van der Waals surface area contributed by atoms with Crippen molar-refractivity contribution in [3.8, 4) is 5.75 Å². The summed E-state index contributed by atoms with van der Waals surface area (Å²) < 4.78 is 5.21. The van der Waals surface area contributed by atoms with Crippen LogP contribution in [0.1, 0.15) is 6.42 Å². The van der Waals surface area contributed by atoms with Crippen LogP contribution in [0.3, 0.4) is 0 Å². The topological polar surface area (TPSA) is 66.3 Å². The summed E-state index contributed by atoms with van der Waals surface area (Å²) >= 11 is 0. The third kappa shape index (κ3) is 3.62. The van der Waals surface area contributed by atoms with E-state index in [1.807, 2.05) is 29.2 Å². The summed E-state index contributed by atoms with van der Waals surface area (Å²) in [7, 11) is 3.74. The molecule has 2 N–H and O–H groups in total. The monoisotopic (exact) mass is 333 g/mol. The molecule has 2 aliphatic heterocycles. The van der Waals surface area contributed by atoms with E-state index in [9.17, 15) is 9.59 Å². The molecule has 0 bridgehead atoms. The van der Waals surface area contributed by atoms with Crippen molar-refractivity contribution in [2.24, 2.45) is 0 Å². The Labute approximate surface area is 142 Å². The number of carbonyl (C=O) groups excluding carboxylic acids is 2. The van der Waals surface area contributed by atoms with E-state index in [2.05, 4.69) is 12.4 Å². The number of quaternary nitrogens is 1. The van der Waals surface area contributed by atoms with E-state index in [0.29, 0.717) is 18.7 Å². The van der Waals surface area contributed by atoms with Crippen molar-refractivity contribution < 1.29 is 19.2 Å². The van der Waals surface area contributed by atoms with E-state index in [4.69, 9.17) is 4.74 Å². The Hall–Kier alpha value is -2.28. The zero-order valence-electron chi connectivity index (χ0n) is 14.2. The molecule has 130 valence electrons. The second kappa shape index (κ2) is 7.09. The number of nitrogens with one attached hydrogen (secondary N) is 2. The molecule has 2 heterocycles. The van der Waals surface area contributed by atoms with Crippen molar-refractivity contribution in [3.05, 3.63) is 24.3 Å². The van der Waals surface area contributed by atoms with Crippen molar-refractivity contribution in [3.63, 3.8) is 0 Å². The maximum absolute atomic E-state index is 12.4. The summed E-state index contributed by atoms with van der Waals surface area (Å²) in [6.07, 6.45) is 0.335. The molecule has 0 radical (unpaired) electrons. The molecule has 3 amide bonds. The van der Waals surface area contributed by atoms with Crippen LogP contribution in [0.5, 0.6) is 5.75 Å². The Morgan fingerprint density at radius 1 is 1.33 bits per heavy atom. The fourth-order valence-corrected chi connectivity index (χ4v) is 3.19. The van der Waals surface area contributed by atoms with Crippen molar-refractivity contribution in [2.45, 2.75) is 12.5 Å². The van der Waals surface area contributed by atoms with E-state index in [1.165, 1.54) is 4.90 Å². The SMILES string of the molecule is COc1cccc(N2C[C@H](NC(=O)N3CC[NH+](C)CC3)CC2=O)c1. The molecular formula is C17H25N4O3+. The molecule has 1 aromatic carbocycles. The van der Waals surface area contributed by atoms with Gasteiger partial charge in [0.1, 0.15) is 5.75 Å². The van der Waals surface area contributed by atoms with Crippen molar-refractivity contribution >= 4 is 17.6 Å². The fourth-order valence-electron chi connectivity index (χ4n) is 3.19. The smallest absolute Gasteiger partial charge is 0.318 e. The van der Waals surface area contributed by atoms with Gasteiger partial charge in [-0.25, -0.2) is 4.79 Å². The molecule has 1 atom stereocenters. The highest BCUT2D eigenvalue weighted by atomic mass is 16.5. The predicted octanol–water partition coefficient (Wildman–Crippen LogP) is -0.660. The molecule has 7 nitrogen and oxygen atoms in total. The van der Waals surface area contributed by atoms with Gasteiger partial charge in [0.25, 0.3) is 0 Å². The maximum Gasteiger partial charge on any atom is 0.318 e. The number of carbonyl (C=O) groups is 2. The molecule has 0 aliphatic carbocycles. The van der Waals surface area contributed by atoms with Gasteiger partial charge in [-0.05, 0) is 12.1 Å². The van der Waals surface area contributed by atoms with Crippen LogP contribution in [0, 0.1) is 0 Å². The second-order valence-corrected chi connectivity index (χ2v) is 6.50. The van der Waals surface area contributed by atoms with Crippen LogP contribution in [0.25, 0.3) is 0 Å². The quantitative estimate of drug-likeness (QED) is 0.772. The number of amides is 3. The molecule has 2 aliphatic rings. The minimum Gasteiger partial charge on any atom is -0.497 e. The molecule has 24 heavy (non-hydrogen) atoms. The molecule has 2 saturated heterocycles. The highest BCUT2D eigenvalue weighted by Gasteiger charge is 2.33. The van der Waals surface area contributed by atoms with Gasteiger partial charge in [0.05, 0.1) is 46.4 Å². The van der Waals surface area contributed by atoms with Crippen molar-refractivity contribution in [1.82, 2.24) is 10.2 Å². The third-order valence-corrected chi connectivity index (χ3v) is 4.72. The molecule has 1 aromatic rings. The highest BCUT2D eigenvalue weighted by molar-refractivity contribution is 5.97. The van der Waals surface area contributed by atoms with Gasteiger partial charge in [-0.1, -0.05) is 6.07 Å². The first-order valence-corrected chi connectivity index (χ1v) is 8.38. The number of rotatable bonds is 3. The highest BCUT2D eigenvalue weighted by Crippen LogP contribution is 2.25. The third-order valence-electron chi connectivity index (χ3n) is 4.72. The minimum atomic E-state index is -0.150. The number of urea groups is 1. The van der Waals surface area contributed by atoms with Crippen LogP contribution in [-0.4, -0.2) is 69.8 Å². The first-order valence-electron chi connectivity index (χ1n) is 8.38. The predicted molar refractivity (Wildman–Crippen MR) is 90.5 cm³/mol. The summed E-state index contributed by atoms with van der Waals surface area (Å²) in [6.45, 7) is 3.95. The lowest BCUT2D eigenvalue weighted by atomic mass is 10.2. The molecule has 7 heteroatoms. The first-order chi connectivity index (χ1) is 11.6. The van der Waals surface area contributed by atoms with Gasteiger partial charge in [0, 0.05) is 24.7 Å². The van der Waals surface area contributed by atoms with Crippen LogP contribution in [0.2, 0.25) is 0 Å².